The fraction of sp³-hybridized carbons (Fsp3) is 0.778. The molecule has 0 amide bonds. The molecule has 0 saturated carbocycles. The lowest BCUT2D eigenvalue weighted by Crippen LogP contribution is -2.36. The van der Waals surface area contributed by atoms with Gasteiger partial charge < -0.3 is 21.3 Å². The van der Waals surface area contributed by atoms with Gasteiger partial charge in [-0.25, -0.2) is 9.59 Å². The van der Waals surface area contributed by atoms with Gasteiger partial charge in [0.1, 0.15) is 12.1 Å². The number of unbranched alkanes of at least 4 members (excludes halogenated alkanes) is 1. The van der Waals surface area contributed by atoms with Gasteiger partial charge in [-0.15, -0.1) is 0 Å². The quantitative estimate of drug-likeness (QED) is 0.296. The van der Waals surface area contributed by atoms with Crippen molar-refractivity contribution < 1.29 is 19.4 Å². The molecule has 6 nitrogen and oxygen atoms in total. The Kier molecular flexibility index (Phi) is 6.85. The molecule has 15 heavy (non-hydrogen) atoms. The molecule has 0 aromatic carbocycles. The van der Waals surface area contributed by atoms with Crippen LogP contribution in [0.15, 0.2) is 0 Å². The first kappa shape index (κ1) is 14.0. The van der Waals surface area contributed by atoms with Crippen LogP contribution in [-0.2, 0) is 14.3 Å². The maximum atomic E-state index is 11.1. The Balaban J connectivity index is 3.83. The van der Waals surface area contributed by atoms with Crippen LogP contribution < -0.4 is 11.5 Å². The molecule has 0 aliphatic rings. The summed E-state index contributed by atoms with van der Waals surface area (Å²) >= 11 is 0. The summed E-state index contributed by atoms with van der Waals surface area (Å²) in [5.74, 6) is -1.79. The van der Waals surface area contributed by atoms with Crippen LogP contribution in [0.3, 0.4) is 0 Å². The van der Waals surface area contributed by atoms with E-state index < -0.39 is 24.1 Å². The summed E-state index contributed by atoms with van der Waals surface area (Å²) in [6.45, 7) is 1.75. The molecule has 1 unspecified atom stereocenters. The first-order valence-electron chi connectivity index (χ1n) is 4.88. The van der Waals surface area contributed by atoms with Gasteiger partial charge in [-0.2, -0.15) is 0 Å². The molecule has 5 N–H and O–H groups in total. The van der Waals surface area contributed by atoms with Crippen molar-refractivity contribution in [1.29, 1.82) is 0 Å². The van der Waals surface area contributed by atoms with Gasteiger partial charge in [-0.3, -0.25) is 0 Å². The summed E-state index contributed by atoms with van der Waals surface area (Å²) in [7, 11) is 0. The average Bonchev–Trinajstić information content (AvgIpc) is 2.17. The van der Waals surface area contributed by atoms with Gasteiger partial charge in [0, 0.05) is 0 Å². The number of carbonyl (C=O) groups is 2. The highest BCUT2D eigenvalue weighted by Gasteiger charge is 2.20. The van der Waals surface area contributed by atoms with E-state index >= 15 is 0 Å². The molecule has 0 spiro atoms. The lowest BCUT2D eigenvalue weighted by Gasteiger charge is -2.10. The molecule has 0 bridgehead atoms. The summed E-state index contributed by atoms with van der Waals surface area (Å²) < 4.78 is 4.32. The molecule has 0 radical (unpaired) electrons. The first-order valence-corrected chi connectivity index (χ1v) is 4.88. The summed E-state index contributed by atoms with van der Waals surface area (Å²) in [5, 5.41) is 8.78. The van der Waals surface area contributed by atoms with Crippen molar-refractivity contribution >= 4 is 11.9 Å². The monoisotopic (exact) mass is 218 g/mol. The standard InChI is InChI=1S/C9H18N2O4/c1-6(12)8(13)15-9(14)7(11)4-2-3-5-10/h6-7,12H,2-5,10-11H2,1H3/t6?,7-/m0/s1. The van der Waals surface area contributed by atoms with Crippen molar-refractivity contribution in [3.05, 3.63) is 0 Å². The summed E-state index contributed by atoms with van der Waals surface area (Å²) in [5.41, 5.74) is 10.7. The van der Waals surface area contributed by atoms with Gasteiger partial charge in [0.2, 0.25) is 0 Å². The number of ether oxygens (including phenoxy) is 1. The van der Waals surface area contributed by atoms with Crippen molar-refractivity contribution in [3.8, 4) is 0 Å². The largest absolute Gasteiger partial charge is 0.390 e. The Labute approximate surface area is 88.6 Å². The van der Waals surface area contributed by atoms with Crippen LogP contribution in [-0.4, -0.2) is 35.7 Å². The zero-order valence-electron chi connectivity index (χ0n) is 8.81. The Hall–Kier alpha value is -0.980. The number of esters is 2. The van der Waals surface area contributed by atoms with Crippen molar-refractivity contribution in [2.45, 2.75) is 38.3 Å². The highest BCUT2D eigenvalue weighted by Crippen LogP contribution is 2.00. The molecule has 6 heteroatoms. The van der Waals surface area contributed by atoms with Crippen LogP contribution in [0.2, 0.25) is 0 Å². The molecule has 0 rings (SSSR count). The normalized spacial score (nSPS) is 14.4. The third-order valence-corrected chi connectivity index (χ3v) is 1.81. The molecule has 2 atom stereocenters. The number of hydrogen-bond donors (Lipinski definition) is 3. The number of aliphatic hydroxyl groups excluding tert-OH is 1. The Morgan fingerprint density at radius 2 is 1.93 bits per heavy atom. The smallest absolute Gasteiger partial charge is 0.342 e. The second kappa shape index (κ2) is 7.33. The summed E-state index contributed by atoms with van der Waals surface area (Å²) in [4.78, 5) is 22.0. The van der Waals surface area contributed by atoms with Crippen LogP contribution in [0.1, 0.15) is 26.2 Å². The third kappa shape index (κ3) is 6.16. The predicted octanol–water partition coefficient (Wildman–Crippen LogP) is -1.11. The molecule has 0 aromatic rings. The number of carbonyl (C=O) groups excluding carboxylic acids is 2. The highest BCUT2D eigenvalue weighted by molar-refractivity contribution is 5.89. The summed E-state index contributed by atoms with van der Waals surface area (Å²) in [6.07, 6.45) is 0.578. The highest BCUT2D eigenvalue weighted by atomic mass is 16.6. The fourth-order valence-electron chi connectivity index (χ4n) is 0.887. The number of nitrogens with two attached hydrogens (primary N) is 2. The van der Waals surface area contributed by atoms with Crippen LogP contribution in [0.5, 0.6) is 0 Å². The van der Waals surface area contributed by atoms with E-state index in [0.717, 1.165) is 6.42 Å². The van der Waals surface area contributed by atoms with Crippen molar-refractivity contribution in [1.82, 2.24) is 0 Å². The van der Waals surface area contributed by atoms with Gasteiger partial charge in [0.15, 0.2) is 0 Å². The van der Waals surface area contributed by atoms with Crippen molar-refractivity contribution in [3.63, 3.8) is 0 Å². The fourth-order valence-corrected chi connectivity index (χ4v) is 0.887. The van der Waals surface area contributed by atoms with E-state index in [9.17, 15) is 9.59 Å². The molecule has 0 aromatic heterocycles. The van der Waals surface area contributed by atoms with Gasteiger partial charge in [0.05, 0.1) is 0 Å². The van der Waals surface area contributed by atoms with Crippen LogP contribution in [0.4, 0.5) is 0 Å². The van der Waals surface area contributed by atoms with E-state index in [1.54, 1.807) is 0 Å². The van der Waals surface area contributed by atoms with Crippen LogP contribution in [0, 0.1) is 0 Å². The van der Waals surface area contributed by atoms with E-state index in [1.165, 1.54) is 6.92 Å². The van der Waals surface area contributed by atoms with Gasteiger partial charge >= 0.3 is 11.9 Å². The lowest BCUT2D eigenvalue weighted by atomic mass is 10.1. The van der Waals surface area contributed by atoms with E-state index in [-0.39, 0.29) is 0 Å². The topological polar surface area (TPSA) is 116 Å². The van der Waals surface area contributed by atoms with E-state index in [0.29, 0.717) is 19.4 Å². The molecule has 0 heterocycles. The first-order chi connectivity index (χ1) is 6.99. The molecule has 0 fully saturated rings. The predicted molar refractivity (Wildman–Crippen MR) is 53.7 cm³/mol. The van der Waals surface area contributed by atoms with E-state index in [2.05, 4.69) is 4.74 Å². The molecule has 0 aliphatic carbocycles. The number of rotatable bonds is 6. The SMILES string of the molecule is CC(O)C(=O)OC(=O)[C@@H](N)CCCCN. The molecule has 0 aliphatic heterocycles. The zero-order chi connectivity index (χ0) is 11.8. The van der Waals surface area contributed by atoms with E-state index in [1.807, 2.05) is 0 Å². The Morgan fingerprint density at radius 3 is 2.40 bits per heavy atom. The average molecular weight is 218 g/mol. The van der Waals surface area contributed by atoms with Crippen molar-refractivity contribution in [2.75, 3.05) is 6.54 Å². The molecular formula is C9H18N2O4. The molecular weight excluding hydrogens is 200 g/mol. The van der Waals surface area contributed by atoms with Gasteiger partial charge in [-0.05, 0) is 26.3 Å². The van der Waals surface area contributed by atoms with Crippen LogP contribution >= 0.6 is 0 Å². The van der Waals surface area contributed by atoms with Crippen molar-refractivity contribution in [2.24, 2.45) is 11.5 Å². The van der Waals surface area contributed by atoms with E-state index in [4.69, 9.17) is 16.6 Å². The second-order valence-electron chi connectivity index (χ2n) is 3.31. The Bertz CT molecular complexity index is 218. The van der Waals surface area contributed by atoms with Gasteiger partial charge in [0.25, 0.3) is 0 Å². The Morgan fingerprint density at radius 1 is 1.33 bits per heavy atom. The maximum absolute atomic E-state index is 11.1. The second-order valence-corrected chi connectivity index (χ2v) is 3.31. The molecule has 88 valence electrons. The van der Waals surface area contributed by atoms with Gasteiger partial charge in [-0.1, -0.05) is 6.42 Å². The van der Waals surface area contributed by atoms with Crippen LogP contribution in [0.25, 0.3) is 0 Å². The number of aliphatic hydroxyl groups is 1. The zero-order valence-corrected chi connectivity index (χ0v) is 8.81. The minimum atomic E-state index is -1.31. The minimum absolute atomic E-state index is 0.420. The third-order valence-electron chi connectivity index (χ3n) is 1.81. The lowest BCUT2D eigenvalue weighted by molar-refractivity contribution is -0.166. The maximum Gasteiger partial charge on any atom is 0.342 e. The number of hydrogen-bond acceptors (Lipinski definition) is 6. The minimum Gasteiger partial charge on any atom is -0.390 e. The summed E-state index contributed by atoms with van der Waals surface area (Å²) in [6, 6.07) is -0.834. The molecule has 0 saturated heterocycles.